The molecule has 6 heteroatoms. The van der Waals surface area contributed by atoms with Gasteiger partial charge in [0.05, 0.1) is 12.1 Å². The number of nitriles is 2. The lowest BCUT2D eigenvalue weighted by Crippen LogP contribution is -2.31. The number of hydrogen-bond acceptors (Lipinski definition) is 6. The molecule has 1 aliphatic heterocycles. The lowest BCUT2D eigenvalue weighted by molar-refractivity contribution is 0.564. The highest BCUT2D eigenvalue weighted by atomic mass is 32.2. The maximum Gasteiger partial charge on any atom is 0.175 e. The Morgan fingerprint density at radius 1 is 1.12 bits per heavy atom. The van der Waals surface area contributed by atoms with Gasteiger partial charge in [-0.15, -0.1) is 23.5 Å². The molecule has 1 aromatic rings. The first-order valence-corrected chi connectivity index (χ1v) is 9.99. The number of fused-ring (bicyclic) bond motifs is 1. The van der Waals surface area contributed by atoms with Gasteiger partial charge in [-0.1, -0.05) is 43.7 Å². The van der Waals surface area contributed by atoms with Crippen LogP contribution in [-0.4, -0.2) is 21.5 Å². The number of nitrogens with zero attached hydrogens (tertiary/aromatic N) is 3. The molecule has 4 nitrogen and oxygen atoms in total. The van der Waals surface area contributed by atoms with Gasteiger partial charge >= 0.3 is 0 Å². The van der Waals surface area contributed by atoms with Gasteiger partial charge < -0.3 is 5.73 Å². The second kappa shape index (κ2) is 5.72. The number of benzene rings is 1. The standard InChI is InChI=1S/C18H20N4S2/c1-4-23-18(24-5-2)17(11-20)14(13-8-6-12(3)7-9-13)16(17,10-19)15(21)22-18/h6-9,14H,4-5H2,1-3H3,(H2,21,22). The molecule has 0 spiro atoms. The Morgan fingerprint density at radius 3 is 2.17 bits per heavy atom. The number of thioether (sulfide) groups is 2. The molecule has 0 amide bonds. The smallest absolute Gasteiger partial charge is 0.175 e. The van der Waals surface area contributed by atoms with E-state index in [0.29, 0.717) is 5.84 Å². The van der Waals surface area contributed by atoms with Crippen LogP contribution in [0.25, 0.3) is 0 Å². The Hall–Kier alpha value is -1.63. The van der Waals surface area contributed by atoms with E-state index in [2.05, 4.69) is 31.0 Å². The van der Waals surface area contributed by atoms with Crippen molar-refractivity contribution < 1.29 is 0 Å². The second-order valence-corrected chi connectivity index (χ2v) is 9.30. The van der Waals surface area contributed by atoms with Crippen molar-refractivity contribution in [3.05, 3.63) is 35.4 Å². The first-order chi connectivity index (χ1) is 11.5. The average Bonchev–Trinajstić information content (AvgIpc) is 3.15. The van der Waals surface area contributed by atoms with Crippen LogP contribution in [0.5, 0.6) is 0 Å². The van der Waals surface area contributed by atoms with Gasteiger partial charge in [-0.2, -0.15) is 10.5 Å². The summed E-state index contributed by atoms with van der Waals surface area (Å²) in [5, 5.41) is 20.2. The van der Waals surface area contributed by atoms with Crippen LogP contribution in [0, 0.1) is 40.4 Å². The minimum absolute atomic E-state index is 0.226. The number of nitrogens with two attached hydrogens (primary N) is 1. The van der Waals surface area contributed by atoms with Crippen LogP contribution in [0.3, 0.4) is 0 Å². The van der Waals surface area contributed by atoms with E-state index in [0.717, 1.165) is 22.6 Å². The third-order valence-electron chi connectivity index (χ3n) is 5.02. The molecule has 0 radical (unpaired) electrons. The van der Waals surface area contributed by atoms with Crippen LogP contribution in [0.1, 0.15) is 30.9 Å². The minimum atomic E-state index is -1.01. The fourth-order valence-electron chi connectivity index (χ4n) is 4.01. The molecule has 0 saturated heterocycles. The number of rotatable bonds is 5. The van der Waals surface area contributed by atoms with E-state index in [1.165, 1.54) is 0 Å². The van der Waals surface area contributed by atoms with Gasteiger partial charge in [0.15, 0.2) is 4.20 Å². The topological polar surface area (TPSA) is 86.0 Å². The molecule has 3 unspecified atom stereocenters. The Morgan fingerprint density at radius 2 is 1.71 bits per heavy atom. The summed E-state index contributed by atoms with van der Waals surface area (Å²) in [6.07, 6.45) is 0. The van der Waals surface area contributed by atoms with Crippen LogP contribution in [0.2, 0.25) is 0 Å². The first-order valence-electron chi connectivity index (χ1n) is 8.02. The molecule has 2 N–H and O–H groups in total. The Bertz CT molecular complexity index is 768. The number of aryl methyl sites for hydroxylation is 1. The fraction of sp³-hybridized carbons (Fsp3) is 0.500. The molecular weight excluding hydrogens is 336 g/mol. The van der Waals surface area contributed by atoms with Crippen molar-refractivity contribution in [2.45, 2.75) is 30.9 Å². The molecule has 1 aliphatic carbocycles. The highest BCUT2D eigenvalue weighted by molar-refractivity contribution is 8.18. The summed E-state index contributed by atoms with van der Waals surface area (Å²) in [7, 11) is 0. The van der Waals surface area contributed by atoms with Crippen molar-refractivity contribution in [3.8, 4) is 12.1 Å². The van der Waals surface area contributed by atoms with E-state index in [4.69, 9.17) is 5.73 Å². The molecule has 0 aromatic heterocycles. The maximum absolute atomic E-state index is 10.2. The zero-order chi connectivity index (χ0) is 17.6. The average molecular weight is 357 g/mol. The van der Waals surface area contributed by atoms with Crippen molar-refractivity contribution in [1.29, 1.82) is 10.5 Å². The lowest BCUT2D eigenvalue weighted by atomic mass is 9.97. The molecule has 124 valence electrons. The van der Waals surface area contributed by atoms with Crippen molar-refractivity contribution in [3.63, 3.8) is 0 Å². The van der Waals surface area contributed by atoms with Crippen molar-refractivity contribution in [1.82, 2.24) is 0 Å². The third kappa shape index (κ3) is 1.79. The zero-order valence-corrected chi connectivity index (χ0v) is 15.7. The summed E-state index contributed by atoms with van der Waals surface area (Å²) < 4.78 is -0.708. The van der Waals surface area contributed by atoms with Gasteiger partial charge in [-0.05, 0) is 24.0 Å². The van der Waals surface area contributed by atoms with E-state index >= 15 is 0 Å². The number of aliphatic imine (C=N–C) groups is 1. The summed E-state index contributed by atoms with van der Waals surface area (Å²) in [6, 6.07) is 13.0. The van der Waals surface area contributed by atoms with Crippen LogP contribution in [-0.2, 0) is 0 Å². The van der Waals surface area contributed by atoms with Gasteiger partial charge in [0.1, 0.15) is 16.7 Å². The first kappa shape index (κ1) is 17.2. The van der Waals surface area contributed by atoms with Crippen LogP contribution < -0.4 is 5.73 Å². The summed E-state index contributed by atoms with van der Waals surface area (Å²) >= 11 is 3.25. The number of hydrogen-bond donors (Lipinski definition) is 1. The summed E-state index contributed by atoms with van der Waals surface area (Å²) in [4.78, 5) is 4.68. The molecule has 1 saturated carbocycles. The number of amidine groups is 1. The highest BCUT2D eigenvalue weighted by Crippen LogP contribution is 2.85. The normalized spacial score (nSPS) is 32.4. The van der Waals surface area contributed by atoms with Crippen LogP contribution >= 0.6 is 23.5 Å². The van der Waals surface area contributed by atoms with E-state index < -0.39 is 15.0 Å². The second-order valence-electron chi connectivity index (χ2n) is 6.13. The maximum atomic E-state index is 10.2. The van der Waals surface area contributed by atoms with Crippen molar-refractivity contribution in [2.24, 2.45) is 21.6 Å². The van der Waals surface area contributed by atoms with E-state index in [1.807, 2.05) is 31.2 Å². The van der Waals surface area contributed by atoms with E-state index in [9.17, 15) is 10.5 Å². The predicted octanol–water partition coefficient (Wildman–Crippen LogP) is 3.64. The zero-order valence-electron chi connectivity index (χ0n) is 14.0. The van der Waals surface area contributed by atoms with Gasteiger partial charge in [0.2, 0.25) is 0 Å². The molecule has 0 bridgehead atoms. The largest absolute Gasteiger partial charge is 0.386 e. The molecule has 2 aliphatic rings. The molecule has 1 heterocycles. The summed E-state index contributed by atoms with van der Waals surface area (Å²) in [5.41, 5.74) is 6.50. The van der Waals surface area contributed by atoms with Crippen LogP contribution in [0.15, 0.2) is 29.3 Å². The Balaban J connectivity index is 2.21. The summed E-state index contributed by atoms with van der Waals surface area (Å²) in [6.45, 7) is 6.13. The third-order valence-corrected chi connectivity index (χ3v) is 7.91. The molecule has 24 heavy (non-hydrogen) atoms. The fourth-order valence-corrected chi connectivity index (χ4v) is 7.26. The van der Waals surface area contributed by atoms with E-state index in [1.54, 1.807) is 23.5 Å². The monoisotopic (exact) mass is 356 g/mol. The van der Waals surface area contributed by atoms with Crippen LogP contribution in [0.4, 0.5) is 0 Å². The molecule has 1 aromatic carbocycles. The van der Waals surface area contributed by atoms with Crippen molar-refractivity contribution in [2.75, 3.05) is 11.5 Å². The van der Waals surface area contributed by atoms with Gasteiger partial charge in [-0.25, -0.2) is 4.99 Å². The molecule has 3 atom stereocenters. The van der Waals surface area contributed by atoms with Gasteiger partial charge in [0, 0.05) is 5.92 Å². The predicted molar refractivity (Wildman–Crippen MR) is 101 cm³/mol. The van der Waals surface area contributed by atoms with Gasteiger partial charge in [0.25, 0.3) is 0 Å². The minimum Gasteiger partial charge on any atom is -0.386 e. The Labute approximate surface area is 151 Å². The Kier molecular flexibility index (Phi) is 4.10. The van der Waals surface area contributed by atoms with Gasteiger partial charge in [-0.3, -0.25) is 0 Å². The SMILES string of the molecule is CCSC1(SCC)N=C(N)C2(C#N)C(c3ccc(C)cc3)C12C#N. The molecule has 1 fully saturated rings. The van der Waals surface area contributed by atoms with E-state index in [-0.39, 0.29) is 5.92 Å². The lowest BCUT2D eigenvalue weighted by Gasteiger charge is -2.31. The highest BCUT2D eigenvalue weighted by Gasteiger charge is 2.91. The quantitative estimate of drug-likeness (QED) is 0.814. The summed E-state index contributed by atoms with van der Waals surface area (Å²) in [5.74, 6) is 1.72. The molecular formula is C18H20N4S2. The van der Waals surface area contributed by atoms with Crippen molar-refractivity contribution >= 4 is 29.4 Å². The molecule has 3 rings (SSSR count).